The van der Waals surface area contributed by atoms with E-state index < -0.39 is 5.54 Å². The molecular formula is C10H11BrN2O. The fourth-order valence-electron chi connectivity index (χ4n) is 1.36. The second-order valence-electron chi connectivity index (χ2n) is 3.80. The van der Waals surface area contributed by atoms with Gasteiger partial charge in [0.05, 0.1) is 6.07 Å². The zero-order valence-electron chi connectivity index (χ0n) is 8.17. The maximum absolute atomic E-state index is 11.6. The Morgan fingerprint density at radius 3 is 2.50 bits per heavy atom. The third-order valence-electron chi connectivity index (χ3n) is 2.16. The summed E-state index contributed by atoms with van der Waals surface area (Å²) in [5.74, 6) is 2.13. The van der Waals surface area contributed by atoms with Crippen molar-refractivity contribution >= 4 is 21.8 Å². The first-order chi connectivity index (χ1) is 6.53. The van der Waals surface area contributed by atoms with E-state index in [9.17, 15) is 4.79 Å². The van der Waals surface area contributed by atoms with Gasteiger partial charge >= 0.3 is 5.91 Å². The normalized spacial score (nSPS) is 15.0. The van der Waals surface area contributed by atoms with E-state index in [1.54, 1.807) is 18.7 Å². The molecule has 1 fully saturated rings. The Hall–Kier alpha value is -1.00. The van der Waals surface area contributed by atoms with Crippen LogP contribution in [-0.4, -0.2) is 22.4 Å². The van der Waals surface area contributed by atoms with E-state index in [-0.39, 0.29) is 11.9 Å². The summed E-state index contributed by atoms with van der Waals surface area (Å²) < 4.78 is 0. The number of hydrogen-bond donors (Lipinski definition) is 0. The van der Waals surface area contributed by atoms with Crippen LogP contribution in [-0.2, 0) is 4.79 Å². The highest BCUT2D eigenvalue weighted by Gasteiger charge is 2.41. The lowest BCUT2D eigenvalue weighted by Gasteiger charge is -2.31. The first kappa shape index (κ1) is 11.1. The summed E-state index contributed by atoms with van der Waals surface area (Å²) in [6.07, 6.45) is 1.95. The molecule has 14 heavy (non-hydrogen) atoms. The Bertz CT molecular complexity index is 341. The standard InChI is InChI=1S/C10H11BrN2O/c1-10(2,7-12)13(8-3-4-8)9(14)5-6-11/h8H,3-4H2,1-2H3. The SMILES string of the molecule is CC(C)(C#N)N(C(=O)C#CBr)C1CC1. The molecule has 0 aromatic rings. The van der Waals surface area contributed by atoms with Crippen LogP contribution in [0.2, 0.25) is 0 Å². The van der Waals surface area contributed by atoms with Crippen LogP contribution in [0.15, 0.2) is 0 Å². The van der Waals surface area contributed by atoms with Crippen LogP contribution in [0.1, 0.15) is 26.7 Å². The van der Waals surface area contributed by atoms with Gasteiger partial charge in [-0.25, -0.2) is 0 Å². The molecule has 3 nitrogen and oxygen atoms in total. The molecule has 0 radical (unpaired) electrons. The molecule has 0 heterocycles. The van der Waals surface area contributed by atoms with Crippen molar-refractivity contribution < 1.29 is 4.79 Å². The van der Waals surface area contributed by atoms with E-state index in [0.29, 0.717) is 0 Å². The van der Waals surface area contributed by atoms with Gasteiger partial charge < -0.3 is 4.90 Å². The third-order valence-corrected chi connectivity index (χ3v) is 2.36. The molecule has 1 aliphatic rings. The van der Waals surface area contributed by atoms with E-state index >= 15 is 0 Å². The quantitative estimate of drug-likeness (QED) is 0.704. The predicted molar refractivity (Wildman–Crippen MR) is 56.3 cm³/mol. The zero-order chi connectivity index (χ0) is 10.8. The molecular weight excluding hydrogens is 244 g/mol. The number of nitriles is 1. The van der Waals surface area contributed by atoms with Gasteiger partial charge in [0, 0.05) is 27.9 Å². The maximum Gasteiger partial charge on any atom is 0.300 e. The van der Waals surface area contributed by atoms with Crippen molar-refractivity contribution in [2.75, 3.05) is 0 Å². The topological polar surface area (TPSA) is 44.1 Å². The number of rotatable bonds is 2. The average molecular weight is 255 g/mol. The van der Waals surface area contributed by atoms with Crippen LogP contribution in [0, 0.1) is 22.1 Å². The minimum atomic E-state index is -0.769. The Kier molecular flexibility index (Phi) is 3.18. The van der Waals surface area contributed by atoms with E-state index in [1.165, 1.54) is 0 Å². The lowest BCUT2D eigenvalue weighted by atomic mass is 10.0. The van der Waals surface area contributed by atoms with Gasteiger partial charge in [-0.1, -0.05) is 0 Å². The van der Waals surface area contributed by atoms with Crippen LogP contribution in [0.3, 0.4) is 0 Å². The van der Waals surface area contributed by atoms with Crippen molar-refractivity contribution in [2.45, 2.75) is 38.3 Å². The van der Waals surface area contributed by atoms with Crippen LogP contribution in [0.25, 0.3) is 0 Å². The fraction of sp³-hybridized carbons (Fsp3) is 0.600. The Balaban J connectivity index is 2.89. The Labute approximate surface area is 92.2 Å². The number of carbonyl (C=O) groups is 1. The van der Waals surface area contributed by atoms with Gasteiger partial charge in [0.25, 0.3) is 0 Å². The maximum atomic E-state index is 11.6. The number of halogens is 1. The van der Waals surface area contributed by atoms with Crippen LogP contribution in [0.4, 0.5) is 0 Å². The summed E-state index contributed by atoms with van der Waals surface area (Å²) in [4.78, 5) is 15.6. The van der Waals surface area contributed by atoms with Gasteiger partial charge in [-0.2, -0.15) is 5.26 Å². The number of nitrogens with zero attached hydrogens (tertiary/aromatic N) is 2. The molecule has 1 saturated carbocycles. The molecule has 74 valence electrons. The average Bonchev–Trinajstić information content (AvgIpc) is 2.89. The number of hydrogen-bond acceptors (Lipinski definition) is 2. The first-order valence-corrected chi connectivity index (χ1v) is 5.18. The van der Waals surface area contributed by atoms with Crippen LogP contribution < -0.4 is 0 Å². The smallest absolute Gasteiger partial charge is 0.300 e. The molecule has 0 bridgehead atoms. The van der Waals surface area contributed by atoms with Crippen molar-refractivity contribution in [1.82, 2.24) is 4.90 Å². The van der Waals surface area contributed by atoms with E-state index in [1.807, 2.05) is 0 Å². The van der Waals surface area contributed by atoms with Crippen molar-refractivity contribution in [1.29, 1.82) is 5.26 Å². The molecule has 4 heteroatoms. The summed E-state index contributed by atoms with van der Waals surface area (Å²) in [6.45, 7) is 3.47. The highest BCUT2D eigenvalue weighted by atomic mass is 79.9. The molecule has 0 atom stereocenters. The number of carbonyl (C=O) groups excluding carboxylic acids is 1. The van der Waals surface area contributed by atoms with Crippen molar-refractivity contribution in [3.8, 4) is 16.8 Å². The molecule has 0 aromatic carbocycles. The van der Waals surface area contributed by atoms with Gasteiger partial charge in [-0.3, -0.25) is 4.79 Å². The summed E-state index contributed by atoms with van der Waals surface area (Å²) in [5, 5.41) is 8.95. The second-order valence-corrected chi connectivity index (χ2v) is 4.19. The summed E-state index contributed by atoms with van der Waals surface area (Å²) in [7, 11) is 0. The summed E-state index contributed by atoms with van der Waals surface area (Å²) in [5.41, 5.74) is -0.769. The molecule has 0 unspecified atom stereocenters. The largest absolute Gasteiger partial charge is 0.311 e. The molecule has 0 N–H and O–H groups in total. The summed E-state index contributed by atoms with van der Waals surface area (Å²) >= 11 is 2.88. The Morgan fingerprint density at radius 2 is 2.14 bits per heavy atom. The molecule has 0 spiro atoms. The molecule has 0 aromatic heterocycles. The van der Waals surface area contributed by atoms with Crippen molar-refractivity contribution in [2.24, 2.45) is 0 Å². The monoisotopic (exact) mass is 254 g/mol. The van der Waals surface area contributed by atoms with Crippen LogP contribution >= 0.6 is 15.9 Å². The van der Waals surface area contributed by atoms with Crippen LogP contribution in [0.5, 0.6) is 0 Å². The first-order valence-electron chi connectivity index (χ1n) is 4.39. The van der Waals surface area contributed by atoms with E-state index in [0.717, 1.165) is 12.8 Å². The zero-order valence-corrected chi connectivity index (χ0v) is 9.76. The van der Waals surface area contributed by atoms with Gasteiger partial charge in [-0.15, -0.1) is 0 Å². The van der Waals surface area contributed by atoms with Gasteiger partial charge in [0.1, 0.15) is 5.54 Å². The summed E-state index contributed by atoms with van der Waals surface area (Å²) in [6, 6.07) is 2.32. The highest BCUT2D eigenvalue weighted by molar-refractivity contribution is 9.12. The van der Waals surface area contributed by atoms with Crippen molar-refractivity contribution in [3.63, 3.8) is 0 Å². The van der Waals surface area contributed by atoms with Gasteiger partial charge in [0.2, 0.25) is 0 Å². The predicted octanol–water partition coefficient (Wildman–Crippen LogP) is 1.64. The number of amides is 1. The molecule has 1 rings (SSSR count). The molecule has 0 saturated heterocycles. The minimum Gasteiger partial charge on any atom is -0.311 e. The van der Waals surface area contributed by atoms with Gasteiger partial charge in [-0.05, 0) is 31.5 Å². The van der Waals surface area contributed by atoms with Gasteiger partial charge in [0.15, 0.2) is 0 Å². The molecule has 0 aliphatic heterocycles. The molecule has 1 aliphatic carbocycles. The molecule has 1 amide bonds. The van der Waals surface area contributed by atoms with E-state index in [2.05, 4.69) is 32.7 Å². The van der Waals surface area contributed by atoms with Crippen molar-refractivity contribution in [3.05, 3.63) is 0 Å². The Morgan fingerprint density at radius 1 is 1.57 bits per heavy atom. The lowest BCUT2D eigenvalue weighted by molar-refractivity contribution is -0.129. The lowest BCUT2D eigenvalue weighted by Crippen LogP contribution is -2.47. The minimum absolute atomic E-state index is 0.200. The van der Waals surface area contributed by atoms with E-state index in [4.69, 9.17) is 5.26 Å². The third kappa shape index (κ3) is 2.27. The second kappa shape index (κ2) is 4.02. The highest BCUT2D eigenvalue weighted by Crippen LogP contribution is 2.32. The fourth-order valence-corrected chi connectivity index (χ4v) is 1.53.